The minimum Gasteiger partial charge on any atom is -1.00 e. The van der Waals surface area contributed by atoms with Gasteiger partial charge in [0, 0.05) is 0 Å². The van der Waals surface area contributed by atoms with Gasteiger partial charge in [-0.2, -0.15) is 0 Å². The predicted molar refractivity (Wildman–Crippen MR) is 250 cm³/mol. The first-order valence-electron chi connectivity index (χ1n) is 20.0. The second-order valence-corrected chi connectivity index (χ2v) is 25.4. The quantitative estimate of drug-likeness (QED) is 0.156. The number of benzene rings is 6. The van der Waals surface area contributed by atoms with Crippen LogP contribution in [0.3, 0.4) is 0 Å². The second-order valence-electron chi connectivity index (χ2n) is 17.9. The van der Waals surface area contributed by atoms with Crippen LogP contribution in [-0.4, -0.2) is 3.21 Å². The van der Waals surface area contributed by atoms with Gasteiger partial charge in [0.25, 0.3) is 0 Å². The normalized spacial score (nSPS) is 12.8. The average Bonchev–Trinajstić information content (AvgIpc) is 3.84. The van der Waals surface area contributed by atoms with E-state index in [9.17, 15) is 0 Å². The third-order valence-corrected chi connectivity index (χ3v) is 20.7. The number of hydrogen-bond donors (Lipinski definition) is 0. The Kier molecular flexibility index (Phi) is 14.2. The monoisotopic (exact) mass is 984 g/mol. The van der Waals surface area contributed by atoms with Crippen molar-refractivity contribution in [2.75, 3.05) is 0 Å². The van der Waals surface area contributed by atoms with Crippen LogP contribution in [0.4, 0.5) is 0 Å². The maximum absolute atomic E-state index is 7.09. The summed E-state index contributed by atoms with van der Waals surface area (Å²) >= 11 is 24.8. The molecule has 0 aliphatic heterocycles. The molecule has 0 aromatic heterocycles. The minimum absolute atomic E-state index is 0. The van der Waals surface area contributed by atoms with Crippen LogP contribution >= 0.6 is 46.4 Å². The molecule has 0 heterocycles. The van der Waals surface area contributed by atoms with Crippen molar-refractivity contribution in [1.82, 2.24) is 0 Å². The molecule has 6 aromatic carbocycles. The minimum atomic E-state index is -3.41. The van der Waals surface area contributed by atoms with Gasteiger partial charge in [-0.05, 0) is 0 Å². The van der Waals surface area contributed by atoms with Gasteiger partial charge in [-0.1, -0.05) is 0 Å². The van der Waals surface area contributed by atoms with E-state index in [0.717, 1.165) is 35.1 Å². The molecule has 8 rings (SSSR count). The molecule has 0 bridgehead atoms. The van der Waals surface area contributed by atoms with Crippen LogP contribution in [0.5, 0.6) is 0 Å². The Morgan fingerprint density at radius 2 is 1.10 bits per heavy atom. The van der Waals surface area contributed by atoms with Crippen LogP contribution in [0.2, 0.25) is 20.1 Å². The number of hydrogen-bond acceptors (Lipinski definition) is 0. The molecule has 0 N–H and O–H groups in total. The number of halogens is 6. The Morgan fingerprint density at radius 3 is 1.60 bits per heavy atom. The Balaban J connectivity index is 0.00000302. The van der Waals surface area contributed by atoms with Gasteiger partial charge < -0.3 is 24.8 Å². The summed E-state index contributed by atoms with van der Waals surface area (Å²) in [5, 5.41) is 2.53. The van der Waals surface area contributed by atoms with Gasteiger partial charge in [-0.25, -0.2) is 0 Å². The molecule has 0 atom stereocenters. The Morgan fingerprint density at radius 1 is 0.583 bits per heavy atom. The molecule has 0 spiro atoms. The second kappa shape index (κ2) is 18.2. The topological polar surface area (TPSA) is 0 Å². The average molecular weight is 989 g/mol. The van der Waals surface area contributed by atoms with E-state index in [2.05, 4.69) is 165 Å². The summed E-state index contributed by atoms with van der Waals surface area (Å²) < 4.78 is 4.29. The zero-order valence-electron chi connectivity index (χ0n) is 35.2. The first-order valence-corrected chi connectivity index (χ1v) is 25.2. The molecule has 2 aliphatic carbocycles. The van der Waals surface area contributed by atoms with Crippen LogP contribution in [0.15, 0.2) is 125 Å². The van der Waals surface area contributed by atoms with Gasteiger partial charge in [0.05, 0.1) is 0 Å². The zero-order valence-corrected chi connectivity index (χ0v) is 42.2. The first-order chi connectivity index (χ1) is 27.5. The van der Waals surface area contributed by atoms with Crippen LogP contribution in [0.25, 0.3) is 33.4 Å². The van der Waals surface area contributed by atoms with Gasteiger partial charge in [0.1, 0.15) is 0 Å². The summed E-state index contributed by atoms with van der Waals surface area (Å²) in [6.07, 6.45) is 8.69. The summed E-state index contributed by atoms with van der Waals surface area (Å²) in [6.45, 7) is 18.4. The van der Waals surface area contributed by atoms with Crippen LogP contribution in [0, 0.1) is 13.8 Å². The van der Waals surface area contributed by atoms with Crippen LogP contribution in [-0.2, 0) is 38.5 Å². The molecule has 6 aromatic rings. The standard InChI is InChI=1S/C33H33.C15H10Cl4.C5H5.2ClH.Zr/c1-32(2,3)30-20-26-24(18-28(30)22-13-9-7-10-14-22)17-25-19-29(23-15-11-8-12-16-23)31(21-27(25)26)33(4,5)6;1-8-10(4-12(16)6-14(8)18)3-11-5-13(17)7-15(19)9(11)2;1-2-4-5-3-1;;;/h7-16,18,20-21H,17H2,1-6H3;4-7H,1-2H3;1-3H,4H2;2*1H;/q;;;;;+2/p-2. The van der Waals surface area contributed by atoms with E-state index in [4.69, 9.17) is 46.4 Å². The number of fused-ring (bicyclic) bond motifs is 3. The van der Waals surface area contributed by atoms with Crippen LogP contribution in [0.1, 0.15) is 92.5 Å². The summed E-state index contributed by atoms with van der Waals surface area (Å²) in [5.41, 5.74) is 17.3. The molecular weight excluding hydrogens is 941 g/mol. The Bertz CT molecular complexity index is 2670. The fourth-order valence-electron chi connectivity index (χ4n) is 8.93. The molecule has 2 aliphatic rings. The molecule has 0 saturated heterocycles. The van der Waals surface area contributed by atoms with Crippen molar-refractivity contribution >= 4 is 52.9 Å². The third kappa shape index (κ3) is 8.77. The molecule has 0 fully saturated rings. The van der Waals surface area contributed by atoms with Crippen molar-refractivity contribution in [3.05, 3.63) is 189 Å². The van der Waals surface area contributed by atoms with E-state index in [0.29, 0.717) is 20.1 Å². The van der Waals surface area contributed by atoms with Crippen molar-refractivity contribution < 1.29 is 46.1 Å². The van der Waals surface area contributed by atoms with Crippen molar-refractivity contribution in [2.45, 2.75) is 79.1 Å². The first kappa shape index (κ1) is 46.8. The van der Waals surface area contributed by atoms with Crippen molar-refractivity contribution in [3.8, 4) is 33.4 Å². The zero-order chi connectivity index (χ0) is 41.3. The van der Waals surface area contributed by atoms with Gasteiger partial charge in [0.15, 0.2) is 0 Å². The van der Waals surface area contributed by atoms with Crippen molar-refractivity contribution in [2.24, 2.45) is 0 Å². The smallest absolute Gasteiger partial charge is 1.00 e. The molecule has 0 nitrogen and oxygen atoms in total. The van der Waals surface area contributed by atoms with Crippen LogP contribution < -0.4 is 28.1 Å². The summed E-state index contributed by atoms with van der Waals surface area (Å²) in [5.74, 6) is 0. The van der Waals surface area contributed by atoms with E-state index < -0.39 is 21.3 Å². The fraction of sp³-hybridized carbons (Fsp3) is 0.226. The van der Waals surface area contributed by atoms with Gasteiger partial charge in [0.2, 0.25) is 0 Å². The maximum Gasteiger partial charge on any atom is -1.00 e. The molecular formula is C53H48Cl6Zr. The summed E-state index contributed by atoms with van der Waals surface area (Å²) in [7, 11) is 0. The predicted octanol–water partition coefficient (Wildman–Crippen LogP) is 9.78. The summed E-state index contributed by atoms with van der Waals surface area (Å²) in [4.78, 5) is 0. The third-order valence-electron chi connectivity index (χ3n) is 11.8. The Labute approximate surface area is 397 Å². The van der Waals surface area contributed by atoms with E-state index in [1.807, 2.05) is 12.1 Å². The molecule has 0 amide bonds. The fourth-order valence-corrected chi connectivity index (χ4v) is 18.7. The van der Waals surface area contributed by atoms with E-state index in [1.54, 1.807) is 0 Å². The number of allylic oxidation sites excluding steroid dienone is 4. The molecule has 0 radical (unpaired) electrons. The molecule has 60 heavy (non-hydrogen) atoms. The Hall–Kier alpha value is -2.71. The molecule has 0 saturated carbocycles. The number of rotatable bonds is 6. The van der Waals surface area contributed by atoms with Crippen molar-refractivity contribution in [3.63, 3.8) is 0 Å². The van der Waals surface area contributed by atoms with Crippen molar-refractivity contribution in [1.29, 1.82) is 0 Å². The molecule has 0 unspecified atom stereocenters. The van der Waals surface area contributed by atoms with Gasteiger partial charge >= 0.3 is 376 Å². The molecule has 306 valence electrons. The van der Waals surface area contributed by atoms with E-state index >= 15 is 0 Å². The molecule has 7 heteroatoms. The SMILES string of the molecule is Cc1c(Cl)cc(Cl)cc1[C](c1cc(Cl)cc(Cl)c1C)=[Zr+2]([C]1=CC=CC1)[c]1c2c(cc(C(C)(C)C)c1-c1ccccc1)-c1cc(C(C)(C)C)c(-c3ccccc3)cc1C2.[Cl-].[Cl-]. The van der Waals surface area contributed by atoms with E-state index in [-0.39, 0.29) is 35.6 Å². The van der Waals surface area contributed by atoms with E-state index in [1.165, 1.54) is 65.4 Å². The van der Waals surface area contributed by atoms with Gasteiger partial charge in [-0.15, -0.1) is 0 Å². The van der Waals surface area contributed by atoms with Gasteiger partial charge in [-0.3, -0.25) is 0 Å². The maximum atomic E-state index is 7.09. The largest absolute Gasteiger partial charge is 1.00 e. The summed E-state index contributed by atoms with van der Waals surface area (Å²) in [6, 6.07) is 37.5.